The van der Waals surface area contributed by atoms with E-state index in [1.54, 1.807) is 0 Å². The van der Waals surface area contributed by atoms with E-state index in [-0.39, 0.29) is 18.7 Å². The summed E-state index contributed by atoms with van der Waals surface area (Å²) in [6.45, 7) is 2.12. The molecule has 0 spiro atoms. The van der Waals surface area contributed by atoms with Crippen molar-refractivity contribution in [2.24, 2.45) is 0 Å². The summed E-state index contributed by atoms with van der Waals surface area (Å²) < 4.78 is 9.88. The molecular weight excluding hydrogens is 170 g/mol. The molecular formula is C9H17NO3. The second-order valence-corrected chi connectivity index (χ2v) is 3.41. The predicted molar refractivity (Wildman–Crippen MR) is 48.5 cm³/mol. The highest BCUT2D eigenvalue weighted by Gasteiger charge is 2.18. The molecule has 0 unspecified atom stereocenters. The molecule has 1 fully saturated rings. The van der Waals surface area contributed by atoms with Crippen molar-refractivity contribution in [1.82, 2.24) is 4.90 Å². The van der Waals surface area contributed by atoms with Crippen LogP contribution in [0, 0.1) is 0 Å². The van der Waals surface area contributed by atoms with E-state index < -0.39 is 0 Å². The van der Waals surface area contributed by atoms with E-state index in [1.165, 1.54) is 7.11 Å². The van der Waals surface area contributed by atoms with Gasteiger partial charge in [-0.25, -0.2) is 4.79 Å². The standard InChI is InChI=1S/C9H17NO3/c1-10-5-3-4-8(6-10)13-7-9(11)12-2/h8H,3-7H2,1-2H3/t8-/m1/s1. The third-order valence-electron chi connectivity index (χ3n) is 2.25. The van der Waals surface area contributed by atoms with Crippen LogP contribution in [0.2, 0.25) is 0 Å². The fraction of sp³-hybridized carbons (Fsp3) is 0.889. The Morgan fingerprint density at radius 2 is 2.38 bits per heavy atom. The molecule has 0 amide bonds. The number of ether oxygens (including phenoxy) is 2. The maximum Gasteiger partial charge on any atom is 0.331 e. The number of hydrogen-bond acceptors (Lipinski definition) is 4. The Labute approximate surface area is 78.8 Å². The highest BCUT2D eigenvalue weighted by atomic mass is 16.6. The van der Waals surface area contributed by atoms with Gasteiger partial charge in [0.1, 0.15) is 6.61 Å². The van der Waals surface area contributed by atoms with Crippen molar-refractivity contribution in [3.05, 3.63) is 0 Å². The van der Waals surface area contributed by atoms with Gasteiger partial charge in [0.05, 0.1) is 13.2 Å². The van der Waals surface area contributed by atoms with Crippen molar-refractivity contribution >= 4 is 5.97 Å². The van der Waals surface area contributed by atoms with E-state index >= 15 is 0 Å². The summed E-state index contributed by atoms with van der Waals surface area (Å²) in [4.78, 5) is 13.0. The quantitative estimate of drug-likeness (QED) is 0.594. The fourth-order valence-corrected chi connectivity index (χ4v) is 1.50. The van der Waals surface area contributed by atoms with Crippen LogP contribution in [0.1, 0.15) is 12.8 Å². The third kappa shape index (κ3) is 3.74. The minimum Gasteiger partial charge on any atom is -0.467 e. The number of carbonyl (C=O) groups is 1. The molecule has 1 atom stereocenters. The van der Waals surface area contributed by atoms with Crippen molar-refractivity contribution in [1.29, 1.82) is 0 Å². The largest absolute Gasteiger partial charge is 0.467 e. The number of methoxy groups -OCH3 is 1. The summed E-state index contributed by atoms with van der Waals surface area (Å²) >= 11 is 0. The average molecular weight is 187 g/mol. The Kier molecular flexibility index (Phi) is 4.18. The number of esters is 1. The molecule has 76 valence electrons. The highest BCUT2D eigenvalue weighted by molar-refractivity contribution is 5.70. The van der Waals surface area contributed by atoms with E-state index in [0.29, 0.717) is 0 Å². The van der Waals surface area contributed by atoms with E-state index in [4.69, 9.17) is 4.74 Å². The fourth-order valence-electron chi connectivity index (χ4n) is 1.50. The molecule has 4 nitrogen and oxygen atoms in total. The first-order valence-corrected chi connectivity index (χ1v) is 4.59. The first-order valence-electron chi connectivity index (χ1n) is 4.59. The van der Waals surface area contributed by atoms with Crippen molar-refractivity contribution in [2.45, 2.75) is 18.9 Å². The molecule has 13 heavy (non-hydrogen) atoms. The lowest BCUT2D eigenvalue weighted by molar-refractivity contribution is -0.149. The van der Waals surface area contributed by atoms with Crippen LogP contribution in [0.25, 0.3) is 0 Å². The second-order valence-electron chi connectivity index (χ2n) is 3.41. The van der Waals surface area contributed by atoms with Gasteiger partial charge in [-0.3, -0.25) is 0 Å². The zero-order valence-corrected chi connectivity index (χ0v) is 8.28. The molecule has 0 saturated carbocycles. The summed E-state index contributed by atoms with van der Waals surface area (Å²) in [6.07, 6.45) is 2.38. The van der Waals surface area contributed by atoms with Gasteiger partial charge < -0.3 is 14.4 Å². The molecule has 1 saturated heterocycles. The van der Waals surface area contributed by atoms with Crippen molar-refractivity contribution < 1.29 is 14.3 Å². The molecule has 0 bridgehead atoms. The lowest BCUT2D eigenvalue weighted by Crippen LogP contribution is -2.37. The van der Waals surface area contributed by atoms with Crippen LogP contribution in [0.3, 0.4) is 0 Å². The van der Waals surface area contributed by atoms with E-state index in [9.17, 15) is 4.79 Å². The Balaban J connectivity index is 2.17. The maximum absolute atomic E-state index is 10.8. The number of hydrogen-bond donors (Lipinski definition) is 0. The first kappa shape index (κ1) is 10.5. The van der Waals surface area contributed by atoms with E-state index in [1.807, 2.05) is 0 Å². The minimum absolute atomic E-state index is 0.0784. The molecule has 0 aromatic rings. The summed E-state index contributed by atoms with van der Waals surface area (Å²) in [6, 6.07) is 0. The summed E-state index contributed by atoms with van der Waals surface area (Å²) in [5, 5.41) is 0. The van der Waals surface area contributed by atoms with Gasteiger partial charge in [-0.05, 0) is 26.4 Å². The SMILES string of the molecule is COC(=O)CO[C@@H]1CCCN(C)C1. The van der Waals surface area contributed by atoms with Gasteiger partial charge in [-0.2, -0.15) is 0 Å². The average Bonchev–Trinajstić information content (AvgIpc) is 2.14. The topological polar surface area (TPSA) is 38.8 Å². The second kappa shape index (κ2) is 5.19. The summed E-state index contributed by atoms with van der Waals surface area (Å²) in [5.41, 5.74) is 0. The molecule has 1 aliphatic rings. The molecule has 0 radical (unpaired) electrons. The monoisotopic (exact) mass is 187 g/mol. The Morgan fingerprint density at radius 3 is 3.00 bits per heavy atom. The summed E-state index contributed by atoms with van der Waals surface area (Å²) in [7, 11) is 3.44. The smallest absolute Gasteiger partial charge is 0.331 e. The van der Waals surface area contributed by atoms with Gasteiger partial charge in [0.2, 0.25) is 0 Å². The molecule has 0 aliphatic carbocycles. The van der Waals surface area contributed by atoms with Crippen molar-refractivity contribution in [3.8, 4) is 0 Å². The molecule has 0 aromatic carbocycles. The molecule has 4 heteroatoms. The third-order valence-corrected chi connectivity index (χ3v) is 2.25. The number of carbonyl (C=O) groups excluding carboxylic acids is 1. The van der Waals surface area contributed by atoms with Crippen LogP contribution < -0.4 is 0 Å². The lowest BCUT2D eigenvalue weighted by atomic mass is 10.1. The number of rotatable bonds is 3. The Morgan fingerprint density at radius 1 is 1.62 bits per heavy atom. The van der Waals surface area contributed by atoms with Gasteiger partial charge in [0, 0.05) is 6.54 Å². The number of piperidine rings is 1. The van der Waals surface area contributed by atoms with Crippen molar-refractivity contribution in [3.63, 3.8) is 0 Å². The highest BCUT2D eigenvalue weighted by Crippen LogP contribution is 2.11. The number of likely N-dealkylation sites (tertiary alicyclic amines) is 1. The van der Waals surface area contributed by atoms with E-state index in [2.05, 4.69) is 16.7 Å². The Hall–Kier alpha value is -0.610. The van der Waals surface area contributed by atoms with Gasteiger partial charge >= 0.3 is 5.97 Å². The molecule has 1 rings (SSSR count). The van der Waals surface area contributed by atoms with Gasteiger partial charge in [0.25, 0.3) is 0 Å². The Bertz CT molecular complexity index is 172. The van der Waals surface area contributed by atoms with Gasteiger partial charge in [0.15, 0.2) is 0 Å². The van der Waals surface area contributed by atoms with Crippen LogP contribution in [0.4, 0.5) is 0 Å². The maximum atomic E-state index is 10.8. The van der Waals surface area contributed by atoms with Crippen LogP contribution in [0.5, 0.6) is 0 Å². The zero-order valence-electron chi connectivity index (χ0n) is 8.28. The van der Waals surface area contributed by atoms with Gasteiger partial charge in [-0.1, -0.05) is 0 Å². The van der Waals surface area contributed by atoms with Crippen LogP contribution >= 0.6 is 0 Å². The van der Waals surface area contributed by atoms with Gasteiger partial charge in [-0.15, -0.1) is 0 Å². The summed E-state index contributed by atoms with van der Waals surface area (Å²) in [5.74, 6) is -0.298. The molecule has 1 aliphatic heterocycles. The first-order chi connectivity index (χ1) is 6.22. The van der Waals surface area contributed by atoms with Crippen molar-refractivity contribution in [2.75, 3.05) is 33.9 Å². The molecule has 1 heterocycles. The normalized spacial score (nSPS) is 24.3. The minimum atomic E-state index is -0.298. The van der Waals surface area contributed by atoms with Crippen LogP contribution in [-0.2, 0) is 14.3 Å². The predicted octanol–water partition coefficient (Wildman–Crippen LogP) is 0.270. The molecule has 0 N–H and O–H groups in total. The van der Waals surface area contributed by atoms with E-state index in [0.717, 1.165) is 25.9 Å². The number of likely N-dealkylation sites (N-methyl/N-ethyl adjacent to an activating group) is 1. The number of nitrogens with zero attached hydrogens (tertiary/aromatic N) is 1. The zero-order chi connectivity index (χ0) is 9.68. The lowest BCUT2D eigenvalue weighted by Gasteiger charge is -2.29. The molecule has 0 aromatic heterocycles. The van der Waals surface area contributed by atoms with Crippen LogP contribution in [0.15, 0.2) is 0 Å². The van der Waals surface area contributed by atoms with Crippen LogP contribution in [-0.4, -0.2) is 50.8 Å².